The van der Waals surface area contributed by atoms with Crippen molar-refractivity contribution in [3.8, 4) is 11.3 Å². The van der Waals surface area contributed by atoms with Crippen LogP contribution in [0, 0.1) is 0 Å². The second kappa shape index (κ2) is 4.75. The van der Waals surface area contributed by atoms with Crippen molar-refractivity contribution in [3.05, 3.63) is 40.3 Å². The van der Waals surface area contributed by atoms with Crippen molar-refractivity contribution in [2.75, 3.05) is 13.6 Å². The Kier molecular flexibility index (Phi) is 3.10. The van der Waals surface area contributed by atoms with Crippen molar-refractivity contribution in [1.82, 2.24) is 15.3 Å². The molecule has 0 unspecified atom stereocenters. The van der Waals surface area contributed by atoms with Crippen molar-refractivity contribution in [2.24, 2.45) is 0 Å². The van der Waals surface area contributed by atoms with Crippen LogP contribution in [0.3, 0.4) is 0 Å². The summed E-state index contributed by atoms with van der Waals surface area (Å²) in [6, 6.07) is 6.04. The normalized spacial score (nSPS) is 12.6. The molecule has 0 fully saturated rings. The molecule has 0 saturated carbocycles. The van der Waals surface area contributed by atoms with Crippen LogP contribution in [0.2, 0.25) is 5.02 Å². The lowest BCUT2D eigenvalue weighted by Gasteiger charge is -2.00. The van der Waals surface area contributed by atoms with Crippen molar-refractivity contribution in [1.29, 1.82) is 0 Å². The number of imidazole rings is 1. The molecular weight excluding hydrogens is 246 g/mol. The minimum atomic E-state index is 0.799. The third kappa shape index (κ3) is 2.04. The second-order valence-electron chi connectivity index (χ2n) is 4.70. The van der Waals surface area contributed by atoms with E-state index in [1.54, 1.807) is 0 Å². The molecule has 4 heteroatoms. The molecule has 2 N–H and O–H groups in total. The minimum Gasteiger partial charge on any atom is -0.345 e. The third-order valence-electron chi connectivity index (χ3n) is 3.36. The van der Waals surface area contributed by atoms with Gasteiger partial charge >= 0.3 is 0 Å². The first-order valence-corrected chi connectivity index (χ1v) is 6.67. The van der Waals surface area contributed by atoms with Gasteiger partial charge in [-0.25, -0.2) is 4.98 Å². The Morgan fingerprint density at radius 2 is 2.33 bits per heavy atom. The fraction of sp³-hybridized carbons (Fsp3) is 0.357. The maximum atomic E-state index is 6.01. The molecule has 1 aliphatic rings. The van der Waals surface area contributed by atoms with E-state index in [1.807, 2.05) is 19.2 Å². The molecule has 0 saturated heterocycles. The van der Waals surface area contributed by atoms with E-state index in [-0.39, 0.29) is 0 Å². The molecule has 1 heterocycles. The molecule has 94 valence electrons. The molecule has 0 aliphatic heterocycles. The number of fused-ring (bicyclic) bond motifs is 3. The molecule has 0 amide bonds. The highest BCUT2D eigenvalue weighted by atomic mass is 35.5. The lowest BCUT2D eigenvalue weighted by Crippen LogP contribution is -2.08. The summed E-state index contributed by atoms with van der Waals surface area (Å²) in [6.45, 7) is 1.03. The van der Waals surface area contributed by atoms with Gasteiger partial charge in [0.25, 0.3) is 0 Å². The summed E-state index contributed by atoms with van der Waals surface area (Å²) < 4.78 is 0. The van der Waals surface area contributed by atoms with Crippen LogP contribution in [0.25, 0.3) is 11.3 Å². The van der Waals surface area contributed by atoms with Crippen LogP contribution in [0.1, 0.15) is 23.5 Å². The first-order valence-electron chi connectivity index (χ1n) is 6.29. The molecule has 1 aromatic carbocycles. The number of hydrogen-bond donors (Lipinski definition) is 2. The van der Waals surface area contributed by atoms with Gasteiger partial charge in [0, 0.05) is 29.1 Å². The number of aromatic amines is 1. The summed E-state index contributed by atoms with van der Waals surface area (Å²) in [4.78, 5) is 8.14. The van der Waals surface area contributed by atoms with E-state index >= 15 is 0 Å². The van der Waals surface area contributed by atoms with E-state index < -0.39 is 0 Å². The van der Waals surface area contributed by atoms with Crippen molar-refractivity contribution >= 4 is 11.6 Å². The number of hydrogen-bond acceptors (Lipinski definition) is 2. The Labute approximate surface area is 112 Å². The van der Waals surface area contributed by atoms with Gasteiger partial charge < -0.3 is 10.3 Å². The van der Waals surface area contributed by atoms with Gasteiger partial charge in [-0.05, 0) is 37.7 Å². The largest absolute Gasteiger partial charge is 0.345 e. The molecule has 0 atom stereocenters. The summed E-state index contributed by atoms with van der Waals surface area (Å²) in [5, 5.41) is 3.95. The van der Waals surface area contributed by atoms with Gasteiger partial charge in [-0.1, -0.05) is 17.7 Å². The van der Waals surface area contributed by atoms with E-state index in [9.17, 15) is 0 Å². The number of benzene rings is 1. The van der Waals surface area contributed by atoms with Gasteiger partial charge in [-0.3, -0.25) is 0 Å². The summed E-state index contributed by atoms with van der Waals surface area (Å²) in [7, 11) is 1.97. The van der Waals surface area contributed by atoms with Crippen molar-refractivity contribution in [3.63, 3.8) is 0 Å². The number of aromatic nitrogens is 2. The van der Waals surface area contributed by atoms with Gasteiger partial charge in [0.1, 0.15) is 5.82 Å². The van der Waals surface area contributed by atoms with Gasteiger partial charge in [0.05, 0.1) is 5.69 Å². The maximum Gasteiger partial charge on any atom is 0.107 e. The quantitative estimate of drug-likeness (QED) is 0.709. The predicted octanol–water partition coefficient (Wildman–Crippen LogP) is 2.79. The van der Waals surface area contributed by atoms with Crippen LogP contribution in [0.15, 0.2) is 18.2 Å². The molecule has 0 bridgehead atoms. The number of rotatable bonds is 4. The highest BCUT2D eigenvalue weighted by Crippen LogP contribution is 2.36. The molecule has 1 aromatic heterocycles. The average Bonchev–Trinajstić information content (AvgIpc) is 2.85. The van der Waals surface area contributed by atoms with E-state index in [1.165, 1.54) is 16.8 Å². The van der Waals surface area contributed by atoms with Crippen LogP contribution in [0.4, 0.5) is 0 Å². The molecule has 0 spiro atoms. The number of halogens is 1. The van der Waals surface area contributed by atoms with Crippen LogP contribution >= 0.6 is 11.6 Å². The van der Waals surface area contributed by atoms with Crippen molar-refractivity contribution in [2.45, 2.75) is 19.3 Å². The fourth-order valence-electron chi connectivity index (χ4n) is 2.50. The predicted molar refractivity (Wildman–Crippen MR) is 74.1 cm³/mol. The Balaban J connectivity index is 1.84. The zero-order valence-corrected chi connectivity index (χ0v) is 11.1. The lowest BCUT2D eigenvalue weighted by atomic mass is 10.1. The third-order valence-corrected chi connectivity index (χ3v) is 3.59. The smallest absolute Gasteiger partial charge is 0.107 e. The van der Waals surface area contributed by atoms with Crippen LogP contribution in [0.5, 0.6) is 0 Å². The summed E-state index contributed by atoms with van der Waals surface area (Å²) in [5.41, 5.74) is 4.84. The minimum absolute atomic E-state index is 0.799. The van der Waals surface area contributed by atoms with Crippen molar-refractivity contribution < 1.29 is 0 Å². The van der Waals surface area contributed by atoms with Gasteiger partial charge in [0.15, 0.2) is 0 Å². The second-order valence-corrected chi connectivity index (χ2v) is 5.13. The summed E-state index contributed by atoms with van der Waals surface area (Å²) >= 11 is 6.01. The highest BCUT2D eigenvalue weighted by Gasteiger charge is 2.22. The van der Waals surface area contributed by atoms with E-state index in [0.29, 0.717) is 0 Å². The van der Waals surface area contributed by atoms with Gasteiger partial charge in [-0.15, -0.1) is 0 Å². The SMILES string of the molecule is CNCCCc1nc2c([nH]1)Cc1cc(Cl)ccc1-2. The van der Waals surface area contributed by atoms with Gasteiger partial charge in [-0.2, -0.15) is 0 Å². The first kappa shape index (κ1) is 11.8. The molecule has 18 heavy (non-hydrogen) atoms. The summed E-state index contributed by atoms with van der Waals surface area (Å²) in [6.07, 6.45) is 3.03. The molecular formula is C14H16ClN3. The number of aryl methyl sites for hydroxylation is 1. The summed E-state index contributed by atoms with van der Waals surface area (Å²) in [5.74, 6) is 1.09. The van der Waals surface area contributed by atoms with Crippen LogP contribution < -0.4 is 5.32 Å². The van der Waals surface area contributed by atoms with E-state index in [0.717, 1.165) is 42.3 Å². The molecule has 3 rings (SSSR count). The highest BCUT2D eigenvalue weighted by molar-refractivity contribution is 6.30. The molecule has 2 aromatic rings. The Morgan fingerprint density at radius 1 is 1.44 bits per heavy atom. The number of H-pyrrole nitrogens is 1. The number of nitrogens with one attached hydrogen (secondary N) is 2. The zero-order valence-electron chi connectivity index (χ0n) is 10.4. The maximum absolute atomic E-state index is 6.01. The standard InChI is InChI=1S/C14H16ClN3/c1-16-6-2-3-13-17-12-8-9-7-10(15)4-5-11(9)14(12)18-13/h4-5,7,16H,2-3,6,8H2,1H3,(H,17,18). The molecule has 3 nitrogen and oxygen atoms in total. The zero-order chi connectivity index (χ0) is 12.5. The molecule has 0 radical (unpaired) electrons. The van der Waals surface area contributed by atoms with Crippen LogP contribution in [-0.4, -0.2) is 23.6 Å². The Morgan fingerprint density at radius 3 is 3.17 bits per heavy atom. The van der Waals surface area contributed by atoms with Crippen LogP contribution in [-0.2, 0) is 12.8 Å². The topological polar surface area (TPSA) is 40.7 Å². The average molecular weight is 262 g/mol. The Hall–Kier alpha value is -1.32. The molecule has 1 aliphatic carbocycles. The Bertz CT molecular complexity index is 574. The lowest BCUT2D eigenvalue weighted by molar-refractivity contribution is 0.706. The first-order chi connectivity index (χ1) is 8.78. The van der Waals surface area contributed by atoms with E-state index in [2.05, 4.69) is 16.4 Å². The monoisotopic (exact) mass is 261 g/mol. The van der Waals surface area contributed by atoms with Gasteiger partial charge in [0.2, 0.25) is 0 Å². The number of nitrogens with zero attached hydrogens (tertiary/aromatic N) is 1. The van der Waals surface area contributed by atoms with E-state index in [4.69, 9.17) is 16.6 Å². The fourth-order valence-corrected chi connectivity index (χ4v) is 2.69.